The summed E-state index contributed by atoms with van der Waals surface area (Å²) in [5.74, 6) is -0.700. The lowest BCUT2D eigenvalue weighted by atomic mass is 10.1. The third kappa shape index (κ3) is 1.55. The number of aliphatic hydroxyl groups excluding tert-OH is 1. The van der Waals surface area contributed by atoms with E-state index in [1.807, 2.05) is 13.8 Å². The monoisotopic (exact) mass is 160 g/mol. The maximum absolute atomic E-state index is 9.56. The topological polar surface area (TPSA) is 38.7 Å². The third-order valence-corrected chi connectivity index (χ3v) is 2.16. The highest BCUT2D eigenvalue weighted by Gasteiger charge is 2.40. The molecule has 3 nitrogen and oxygen atoms in total. The average molecular weight is 160 g/mol. The van der Waals surface area contributed by atoms with Gasteiger partial charge in [0, 0.05) is 6.42 Å². The Kier molecular flexibility index (Phi) is 2.87. The number of rotatable bonds is 3. The minimum absolute atomic E-state index is 0.491. The molecule has 0 aliphatic carbocycles. The van der Waals surface area contributed by atoms with Crippen LogP contribution in [0.5, 0.6) is 0 Å². The lowest BCUT2D eigenvalue weighted by Crippen LogP contribution is -2.42. The molecule has 1 fully saturated rings. The molecule has 1 atom stereocenters. The Morgan fingerprint density at radius 2 is 1.91 bits per heavy atom. The zero-order chi connectivity index (χ0) is 8.32. The average Bonchev–Trinajstić information content (AvgIpc) is 2.52. The smallest absolute Gasteiger partial charge is 0.194 e. The van der Waals surface area contributed by atoms with Crippen LogP contribution in [0.15, 0.2) is 0 Å². The van der Waals surface area contributed by atoms with E-state index in [2.05, 4.69) is 0 Å². The summed E-state index contributed by atoms with van der Waals surface area (Å²) in [4.78, 5) is 0. The van der Waals surface area contributed by atoms with E-state index in [-0.39, 0.29) is 0 Å². The molecule has 1 rings (SSSR count). The van der Waals surface area contributed by atoms with Crippen LogP contribution in [0, 0.1) is 0 Å². The van der Waals surface area contributed by atoms with E-state index < -0.39 is 11.9 Å². The fourth-order valence-electron chi connectivity index (χ4n) is 1.41. The molecule has 1 N–H and O–H groups in total. The molecule has 0 saturated carbocycles. The van der Waals surface area contributed by atoms with Gasteiger partial charge in [-0.1, -0.05) is 13.8 Å². The van der Waals surface area contributed by atoms with Crippen LogP contribution in [0.4, 0.5) is 0 Å². The number of aliphatic hydroxyl groups is 1. The maximum atomic E-state index is 9.56. The molecule has 66 valence electrons. The van der Waals surface area contributed by atoms with Crippen molar-refractivity contribution in [3.05, 3.63) is 0 Å². The highest BCUT2D eigenvalue weighted by atomic mass is 16.7. The molecule has 0 aromatic rings. The van der Waals surface area contributed by atoms with Gasteiger partial charge >= 0.3 is 0 Å². The summed E-state index contributed by atoms with van der Waals surface area (Å²) in [7, 11) is 0. The van der Waals surface area contributed by atoms with Crippen molar-refractivity contribution in [1.82, 2.24) is 0 Å². The Labute approximate surface area is 67.3 Å². The number of hydrogen-bond donors (Lipinski definition) is 1. The summed E-state index contributed by atoms with van der Waals surface area (Å²) in [6.07, 6.45) is 0.894. The maximum Gasteiger partial charge on any atom is 0.194 e. The van der Waals surface area contributed by atoms with Gasteiger partial charge in [0.15, 0.2) is 5.79 Å². The van der Waals surface area contributed by atoms with Crippen molar-refractivity contribution in [2.75, 3.05) is 13.2 Å². The van der Waals surface area contributed by atoms with Gasteiger partial charge in [-0.25, -0.2) is 0 Å². The standard InChI is InChI=1S/C8H16O3/c1-3-7(9)8(4-2)10-5-6-11-8/h7,9H,3-6H2,1-2H3. The molecular formula is C8H16O3. The summed E-state index contributed by atoms with van der Waals surface area (Å²) >= 11 is 0. The molecule has 0 aromatic carbocycles. The van der Waals surface area contributed by atoms with Crippen molar-refractivity contribution < 1.29 is 14.6 Å². The van der Waals surface area contributed by atoms with Gasteiger partial charge in [-0.3, -0.25) is 0 Å². The SMILES string of the molecule is CCC(O)C1(CC)OCCO1. The van der Waals surface area contributed by atoms with Crippen molar-refractivity contribution in [3.63, 3.8) is 0 Å². The van der Waals surface area contributed by atoms with Crippen LogP contribution < -0.4 is 0 Å². The Morgan fingerprint density at radius 1 is 1.36 bits per heavy atom. The minimum atomic E-state index is -0.700. The zero-order valence-electron chi connectivity index (χ0n) is 7.17. The van der Waals surface area contributed by atoms with E-state index in [1.54, 1.807) is 0 Å². The van der Waals surface area contributed by atoms with E-state index in [9.17, 15) is 5.11 Å². The largest absolute Gasteiger partial charge is 0.388 e. The molecule has 1 unspecified atom stereocenters. The van der Waals surface area contributed by atoms with Crippen molar-refractivity contribution in [2.45, 2.75) is 38.6 Å². The summed E-state index contributed by atoms with van der Waals surface area (Å²) in [5, 5.41) is 9.56. The third-order valence-electron chi connectivity index (χ3n) is 2.16. The minimum Gasteiger partial charge on any atom is -0.388 e. The fraction of sp³-hybridized carbons (Fsp3) is 1.00. The molecule has 1 aliphatic rings. The van der Waals surface area contributed by atoms with Crippen molar-refractivity contribution in [1.29, 1.82) is 0 Å². The molecular weight excluding hydrogens is 144 g/mol. The molecule has 0 radical (unpaired) electrons. The number of ether oxygens (including phenoxy) is 2. The quantitative estimate of drug-likeness (QED) is 0.667. The van der Waals surface area contributed by atoms with E-state index in [4.69, 9.17) is 9.47 Å². The second-order valence-electron chi connectivity index (χ2n) is 2.79. The highest BCUT2D eigenvalue weighted by Crippen LogP contribution is 2.28. The highest BCUT2D eigenvalue weighted by molar-refractivity contribution is 4.80. The van der Waals surface area contributed by atoms with Gasteiger partial charge in [0.2, 0.25) is 0 Å². The molecule has 1 aliphatic heterocycles. The zero-order valence-corrected chi connectivity index (χ0v) is 7.17. The first-order valence-electron chi connectivity index (χ1n) is 4.21. The van der Waals surface area contributed by atoms with Gasteiger partial charge in [-0.05, 0) is 6.42 Å². The predicted molar refractivity (Wildman–Crippen MR) is 41.2 cm³/mol. The number of hydrogen-bond acceptors (Lipinski definition) is 3. The van der Waals surface area contributed by atoms with E-state index in [0.717, 1.165) is 0 Å². The van der Waals surface area contributed by atoms with E-state index in [1.165, 1.54) is 0 Å². The Hall–Kier alpha value is -0.120. The molecule has 0 aromatic heterocycles. The first-order valence-corrected chi connectivity index (χ1v) is 4.21. The van der Waals surface area contributed by atoms with Crippen LogP contribution >= 0.6 is 0 Å². The normalized spacial score (nSPS) is 25.4. The second kappa shape index (κ2) is 3.52. The summed E-state index contributed by atoms with van der Waals surface area (Å²) < 4.78 is 10.7. The molecule has 3 heteroatoms. The lowest BCUT2D eigenvalue weighted by molar-refractivity contribution is -0.221. The summed E-state index contributed by atoms with van der Waals surface area (Å²) in [6, 6.07) is 0. The van der Waals surface area contributed by atoms with Crippen LogP contribution in [-0.2, 0) is 9.47 Å². The summed E-state index contributed by atoms with van der Waals surface area (Å²) in [6.45, 7) is 5.09. The van der Waals surface area contributed by atoms with E-state index >= 15 is 0 Å². The van der Waals surface area contributed by atoms with Crippen molar-refractivity contribution in [3.8, 4) is 0 Å². The van der Waals surface area contributed by atoms with Crippen LogP contribution in [0.3, 0.4) is 0 Å². The molecule has 0 amide bonds. The van der Waals surface area contributed by atoms with Gasteiger partial charge in [0.25, 0.3) is 0 Å². The van der Waals surface area contributed by atoms with Gasteiger partial charge in [-0.15, -0.1) is 0 Å². The van der Waals surface area contributed by atoms with Crippen LogP contribution in [-0.4, -0.2) is 30.2 Å². The van der Waals surface area contributed by atoms with Gasteiger partial charge in [0.05, 0.1) is 13.2 Å². The molecule has 0 spiro atoms. The second-order valence-corrected chi connectivity index (χ2v) is 2.79. The Balaban J connectivity index is 2.58. The van der Waals surface area contributed by atoms with Gasteiger partial charge in [0.1, 0.15) is 6.10 Å². The van der Waals surface area contributed by atoms with Crippen molar-refractivity contribution in [2.24, 2.45) is 0 Å². The van der Waals surface area contributed by atoms with Crippen LogP contribution in [0.2, 0.25) is 0 Å². The van der Waals surface area contributed by atoms with Crippen molar-refractivity contribution >= 4 is 0 Å². The van der Waals surface area contributed by atoms with Gasteiger partial charge < -0.3 is 14.6 Å². The summed E-state index contributed by atoms with van der Waals surface area (Å²) in [5.41, 5.74) is 0. The fourth-order valence-corrected chi connectivity index (χ4v) is 1.41. The lowest BCUT2D eigenvalue weighted by Gasteiger charge is -2.30. The predicted octanol–water partition coefficient (Wildman–Crippen LogP) is 0.910. The molecule has 0 bridgehead atoms. The first-order chi connectivity index (χ1) is 5.25. The van der Waals surface area contributed by atoms with Crippen LogP contribution in [0.25, 0.3) is 0 Å². The Morgan fingerprint density at radius 3 is 2.27 bits per heavy atom. The molecule has 1 heterocycles. The van der Waals surface area contributed by atoms with E-state index in [0.29, 0.717) is 26.1 Å². The Bertz CT molecular complexity index is 119. The van der Waals surface area contributed by atoms with Crippen LogP contribution in [0.1, 0.15) is 26.7 Å². The first kappa shape index (κ1) is 8.97. The molecule has 1 saturated heterocycles. The molecule has 11 heavy (non-hydrogen) atoms. The van der Waals surface area contributed by atoms with Gasteiger partial charge in [-0.2, -0.15) is 0 Å².